The summed E-state index contributed by atoms with van der Waals surface area (Å²) in [6.07, 6.45) is 7.18. The van der Waals surface area contributed by atoms with Crippen LogP contribution in [-0.2, 0) is 0 Å². The summed E-state index contributed by atoms with van der Waals surface area (Å²) in [6, 6.07) is 0. The van der Waals surface area contributed by atoms with Crippen LogP contribution in [0.15, 0.2) is 0 Å². The summed E-state index contributed by atoms with van der Waals surface area (Å²) in [7, 11) is 0. The Morgan fingerprint density at radius 1 is 1.06 bits per heavy atom. The van der Waals surface area contributed by atoms with Crippen LogP contribution in [0.2, 0.25) is 0 Å². The van der Waals surface area contributed by atoms with E-state index in [4.69, 9.17) is 5.73 Å². The quantitative estimate of drug-likeness (QED) is 0.792. The van der Waals surface area contributed by atoms with E-state index in [1.54, 1.807) is 0 Å². The van der Waals surface area contributed by atoms with Crippen molar-refractivity contribution in [1.82, 2.24) is 0 Å². The fraction of sp³-hybridized carbons (Fsp3) is 1.00. The van der Waals surface area contributed by atoms with E-state index >= 15 is 0 Å². The highest BCUT2D eigenvalue weighted by Gasteiger charge is 2.52. The molecule has 0 amide bonds. The van der Waals surface area contributed by atoms with Crippen LogP contribution in [-0.4, -0.2) is 17.3 Å². The van der Waals surface area contributed by atoms with Crippen LogP contribution in [0.5, 0.6) is 0 Å². The molecule has 0 spiro atoms. The summed E-state index contributed by atoms with van der Waals surface area (Å²) < 4.78 is 0. The first-order valence-electron chi connectivity index (χ1n) is 7.41. The third-order valence-corrected chi connectivity index (χ3v) is 5.93. The van der Waals surface area contributed by atoms with E-state index in [2.05, 4.69) is 0 Å². The molecule has 2 heteroatoms. The maximum Gasteiger partial charge on any atom is 0.0634 e. The van der Waals surface area contributed by atoms with Crippen LogP contribution in [0.3, 0.4) is 0 Å². The van der Waals surface area contributed by atoms with Crippen LogP contribution >= 0.6 is 0 Å². The molecule has 0 saturated heterocycles. The minimum atomic E-state index is -0.602. The Balaban J connectivity index is 1.83. The smallest absolute Gasteiger partial charge is 0.0634 e. The van der Waals surface area contributed by atoms with Crippen LogP contribution in [0.25, 0.3) is 0 Å². The minimum absolute atomic E-state index is 0.303. The highest BCUT2D eigenvalue weighted by Crippen LogP contribution is 2.59. The summed E-state index contributed by atoms with van der Waals surface area (Å²) in [4.78, 5) is 0. The Bertz CT molecular complexity index is 266. The number of nitrogens with two attached hydrogens (primary N) is 1. The normalized spacial score (nSPS) is 46.2. The largest absolute Gasteiger partial charge is 0.390 e. The standard InChI is InChI=1S/C15H27NO/c1-15(2,17)13(8-16)14-11-4-9-3-10(6-11)7-12(14)5-9/h9-14,17H,3-8,16H2,1-2H3. The fourth-order valence-corrected chi connectivity index (χ4v) is 5.54. The van der Waals surface area contributed by atoms with Gasteiger partial charge in [-0.1, -0.05) is 0 Å². The molecular formula is C15H27NO. The molecule has 4 aliphatic carbocycles. The van der Waals surface area contributed by atoms with Crippen molar-refractivity contribution in [2.45, 2.75) is 51.6 Å². The van der Waals surface area contributed by atoms with Gasteiger partial charge in [0.2, 0.25) is 0 Å². The molecule has 0 aromatic heterocycles. The molecule has 4 rings (SSSR count). The zero-order chi connectivity index (χ0) is 12.2. The van der Waals surface area contributed by atoms with Crippen molar-refractivity contribution in [3.8, 4) is 0 Å². The second kappa shape index (κ2) is 3.96. The monoisotopic (exact) mass is 237 g/mol. The molecule has 17 heavy (non-hydrogen) atoms. The Labute approximate surface area is 105 Å². The molecule has 2 nitrogen and oxygen atoms in total. The molecule has 0 aliphatic heterocycles. The van der Waals surface area contributed by atoms with Gasteiger partial charge < -0.3 is 10.8 Å². The SMILES string of the molecule is CC(C)(O)C(CN)C1C2CC3CC(C2)CC1C3. The lowest BCUT2D eigenvalue weighted by Gasteiger charge is -2.57. The topological polar surface area (TPSA) is 46.2 Å². The average molecular weight is 237 g/mol. The first-order chi connectivity index (χ1) is 7.99. The van der Waals surface area contributed by atoms with Gasteiger partial charge in [0.05, 0.1) is 5.60 Å². The van der Waals surface area contributed by atoms with Gasteiger partial charge >= 0.3 is 0 Å². The molecule has 1 unspecified atom stereocenters. The molecule has 4 aliphatic rings. The van der Waals surface area contributed by atoms with Crippen molar-refractivity contribution in [3.63, 3.8) is 0 Å². The molecule has 1 atom stereocenters. The Morgan fingerprint density at radius 2 is 1.53 bits per heavy atom. The van der Waals surface area contributed by atoms with Crippen molar-refractivity contribution in [3.05, 3.63) is 0 Å². The van der Waals surface area contributed by atoms with Crippen LogP contribution in [0.4, 0.5) is 0 Å². The molecule has 0 radical (unpaired) electrons. The van der Waals surface area contributed by atoms with Gasteiger partial charge in [0.1, 0.15) is 0 Å². The second-order valence-electron chi connectivity index (χ2n) is 7.50. The zero-order valence-electron chi connectivity index (χ0n) is 11.2. The molecule has 98 valence electrons. The predicted molar refractivity (Wildman–Crippen MR) is 69.4 cm³/mol. The zero-order valence-corrected chi connectivity index (χ0v) is 11.2. The maximum absolute atomic E-state index is 10.4. The van der Waals surface area contributed by atoms with Gasteiger partial charge in [-0.25, -0.2) is 0 Å². The van der Waals surface area contributed by atoms with E-state index in [1.807, 2.05) is 13.8 Å². The Kier molecular flexibility index (Phi) is 2.79. The Hall–Kier alpha value is -0.0800. The van der Waals surface area contributed by atoms with Crippen molar-refractivity contribution in [1.29, 1.82) is 0 Å². The van der Waals surface area contributed by atoms with E-state index < -0.39 is 5.60 Å². The summed E-state index contributed by atoms with van der Waals surface area (Å²) in [5.41, 5.74) is 5.38. The van der Waals surface area contributed by atoms with E-state index in [0.717, 1.165) is 23.7 Å². The first kappa shape index (κ1) is 12.0. The van der Waals surface area contributed by atoms with E-state index in [-0.39, 0.29) is 0 Å². The molecule has 0 aromatic carbocycles. The van der Waals surface area contributed by atoms with Gasteiger partial charge in [-0.3, -0.25) is 0 Å². The van der Waals surface area contributed by atoms with Crippen molar-refractivity contribution >= 4 is 0 Å². The second-order valence-corrected chi connectivity index (χ2v) is 7.50. The highest BCUT2D eigenvalue weighted by molar-refractivity contribution is 5.02. The van der Waals surface area contributed by atoms with Crippen molar-refractivity contribution in [2.75, 3.05) is 6.54 Å². The molecule has 4 fully saturated rings. The maximum atomic E-state index is 10.4. The molecule has 0 heterocycles. The minimum Gasteiger partial charge on any atom is -0.390 e. The number of hydrogen-bond acceptors (Lipinski definition) is 2. The van der Waals surface area contributed by atoms with Crippen LogP contribution < -0.4 is 5.73 Å². The molecule has 0 aromatic rings. The van der Waals surface area contributed by atoms with Gasteiger partial charge in [0.15, 0.2) is 0 Å². The molecule has 4 bridgehead atoms. The highest BCUT2D eigenvalue weighted by atomic mass is 16.3. The number of aliphatic hydroxyl groups is 1. The van der Waals surface area contributed by atoms with Gasteiger partial charge in [-0.15, -0.1) is 0 Å². The van der Waals surface area contributed by atoms with Gasteiger partial charge in [-0.2, -0.15) is 0 Å². The number of rotatable bonds is 3. The average Bonchev–Trinajstić information content (AvgIpc) is 2.20. The lowest BCUT2D eigenvalue weighted by Crippen LogP contribution is -2.53. The van der Waals surface area contributed by atoms with Gasteiger partial charge in [0, 0.05) is 5.92 Å². The Morgan fingerprint density at radius 3 is 1.88 bits per heavy atom. The molecule has 3 N–H and O–H groups in total. The lowest BCUT2D eigenvalue weighted by molar-refractivity contribution is -0.109. The summed E-state index contributed by atoms with van der Waals surface area (Å²) in [5, 5.41) is 10.4. The van der Waals surface area contributed by atoms with Crippen molar-refractivity contribution < 1.29 is 5.11 Å². The fourth-order valence-electron chi connectivity index (χ4n) is 5.54. The molecular weight excluding hydrogens is 210 g/mol. The first-order valence-corrected chi connectivity index (χ1v) is 7.41. The van der Waals surface area contributed by atoms with Crippen LogP contribution in [0.1, 0.15) is 46.0 Å². The van der Waals surface area contributed by atoms with E-state index in [0.29, 0.717) is 18.4 Å². The van der Waals surface area contributed by atoms with Gasteiger partial charge in [0.25, 0.3) is 0 Å². The van der Waals surface area contributed by atoms with Gasteiger partial charge in [-0.05, 0) is 82.1 Å². The lowest BCUT2D eigenvalue weighted by atomic mass is 9.48. The third-order valence-electron chi connectivity index (χ3n) is 5.93. The number of hydrogen-bond donors (Lipinski definition) is 2. The molecule has 4 saturated carbocycles. The van der Waals surface area contributed by atoms with E-state index in [1.165, 1.54) is 32.1 Å². The summed E-state index contributed by atoms with van der Waals surface area (Å²) >= 11 is 0. The van der Waals surface area contributed by atoms with Crippen molar-refractivity contribution in [2.24, 2.45) is 41.2 Å². The summed E-state index contributed by atoms with van der Waals surface area (Å²) in [6.45, 7) is 4.56. The van der Waals surface area contributed by atoms with E-state index in [9.17, 15) is 5.11 Å². The summed E-state index contributed by atoms with van der Waals surface area (Å²) in [5.74, 6) is 4.76. The third kappa shape index (κ3) is 1.94. The predicted octanol–water partition coefficient (Wildman–Crippen LogP) is 2.40. The van der Waals surface area contributed by atoms with Crippen LogP contribution in [0, 0.1) is 35.5 Å².